The second kappa shape index (κ2) is 5.81. The van der Waals surface area contributed by atoms with Crippen LogP contribution >= 0.6 is 0 Å². The molecule has 1 unspecified atom stereocenters. The van der Waals surface area contributed by atoms with E-state index < -0.39 is 6.04 Å². The molecular weight excluding hydrogens is 322 g/mol. The number of nitrogens with zero attached hydrogens (tertiary/aromatic N) is 3. The molecule has 1 heterocycles. The summed E-state index contributed by atoms with van der Waals surface area (Å²) in [5.74, 6) is 1.33. The maximum absolute atomic E-state index is 12.6. The first-order chi connectivity index (χ1) is 12.4. The molecule has 1 aromatic carbocycles. The lowest BCUT2D eigenvalue weighted by molar-refractivity contribution is -0.129. The summed E-state index contributed by atoms with van der Waals surface area (Å²) in [6.07, 6.45) is 2.52. The molecule has 4 heteroatoms. The Hall–Kier alpha value is -2.41. The van der Waals surface area contributed by atoms with E-state index in [4.69, 9.17) is 11.6 Å². The highest BCUT2D eigenvalue weighted by atomic mass is 16.1. The van der Waals surface area contributed by atoms with Crippen molar-refractivity contribution in [1.82, 2.24) is 9.55 Å². The predicted molar refractivity (Wildman–Crippen MR) is 101 cm³/mol. The topological polar surface area (TPSA) is 39.2 Å². The Bertz CT molecular complexity index is 935. The highest BCUT2D eigenvalue weighted by Gasteiger charge is 2.55. The zero-order valence-electron chi connectivity index (χ0n) is 15.9. The van der Waals surface area contributed by atoms with Crippen molar-refractivity contribution in [3.63, 3.8) is 0 Å². The van der Waals surface area contributed by atoms with Gasteiger partial charge in [-0.15, -0.1) is 0 Å². The molecule has 4 atom stereocenters. The van der Waals surface area contributed by atoms with Crippen LogP contribution in [0.5, 0.6) is 0 Å². The van der Waals surface area contributed by atoms with Crippen molar-refractivity contribution < 1.29 is 4.79 Å². The van der Waals surface area contributed by atoms with Gasteiger partial charge in [-0.05, 0) is 44.2 Å². The van der Waals surface area contributed by atoms with E-state index in [1.54, 1.807) is 0 Å². The molecule has 0 radical (unpaired) electrons. The quantitative estimate of drug-likeness (QED) is 0.725. The molecule has 26 heavy (non-hydrogen) atoms. The molecule has 4 rings (SSSR count). The van der Waals surface area contributed by atoms with E-state index in [9.17, 15) is 4.79 Å². The second-order valence-electron chi connectivity index (χ2n) is 8.18. The van der Waals surface area contributed by atoms with Crippen molar-refractivity contribution in [1.29, 1.82) is 0 Å². The first-order valence-electron chi connectivity index (χ1n) is 9.43. The van der Waals surface area contributed by atoms with Crippen LogP contribution in [-0.2, 0) is 16.6 Å². The molecule has 134 valence electrons. The largest absolute Gasteiger partial charge is 0.305 e. The molecule has 0 amide bonds. The summed E-state index contributed by atoms with van der Waals surface area (Å²) >= 11 is 0. The van der Waals surface area contributed by atoms with Gasteiger partial charge in [-0.3, -0.25) is 4.79 Å². The van der Waals surface area contributed by atoms with Crippen LogP contribution in [0.25, 0.3) is 10.5 Å². The van der Waals surface area contributed by atoms with E-state index in [1.165, 1.54) is 16.9 Å². The van der Waals surface area contributed by atoms with Gasteiger partial charge in [0.25, 0.3) is 6.04 Å². The van der Waals surface area contributed by atoms with Crippen molar-refractivity contribution in [2.45, 2.75) is 58.4 Å². The second-order valence-corrected chi connectivity index (χ2v) is 8.18. The van der Waals surface area contributed by atoms with E-state index >= 15 is 0 Å². The Labute approximate surface area is 155 Å². The van der Waals surface area contributed by atoms with E-state index in [-0.39, 0.29) is 23.0 Å². The summed E-state index contributed by atoms with van der Waals surface area (Å²) in [6.45, 7) is 15.9. The average Bonchev–Trinajstić information content (AvgIpc) is 2.96. The maximum Gasteiger partial charge on any atom is 0.282 e. The third-order valence-electron chi connectivity index (χ3n) is 6.70. The first-order valence-corrected chi connectivity index (χ1v) is 9.43. The molecule has 1 aromatic heterocycles. The molecule has 1 saturated carbocycles. The lowest BCUT2D eigenvalue weighted by atomic mass is 9.56. The summed E-state index contributed by atoms with van der Waals surface area (Å²) in [4.78, 5) is 21.2. The maximum atomic E-state index is 12.6. The SMILES string of the molecule is [C-]#[N+]C1C[C@]2(C)c3nc(C)n(-c4ccccc4C)c3CC[C@H]2[C@H](C)C1=O. The molecule has 0 saturated heterocycles. The Morgan fingerprint density at radius 2 is 2.04 bits per heavy atom. The summed E-state index contributed by atoms with van der Waals surface area (Å²) in [6, 6.07) is 7.88. The van der Waals surface area contributed by atoms with Gasteiger partial charge in [0.05, 0.1) is 5.69 Å². The van der Waals surface area contributed by atoms with Crippen molar-refractivity contribution in [3.05, 3.63) is 58.5 Å². The number of carbonyl (C=O) groups excluding carboxylic acids is 1. The highest BCUT2D eigenvalue weighted by molar-refractivity contribution is 5.89. The van der Waals surface area contributed by atoms with Gasteiger partial charge in [0.15, 0.2) is 0 Å². The number of aryl methyl sites for hydroxylation is 2. The minimum atomic E-state index is -0.527. The van der Waals surface area contributed by atoms with E-state index in [0.717, 1.165) is 24.4 Å². The standard InChI is InChI=1S/C22H25N3O/c1-13-8-6-7-9-18(13)25-15(3)24-21-19(25)11-10-16-14(2)20(26)17(23-5)12-22(16,21)4/h6-9,14,16-17H,10-12H2,1-4H3/t14-,16-,17?,22-/m0/s1. The molecule has 0 aliphatic heterocycles. The van der Waals surface area contributed by atoms with Crippen LogP contribution in [-0.4, -0.2) is 21.4 Å². The third kappa shape index (κ3) is 2.19. The van der Waals surface area contributed by atoms with Crippen LogP contribution in [0, 0.1) is 32.3 Å². The minimum Gasteiger partial charge on any atom is -0.305 e. The number of fused-ring (bicyclic) bond motifs is 3. The summed E-state index contributed by atoms with van der Waals surface area (Å²) in [5, 5.41) is 0. The van der Waals surface area contributed by atoms with Gasteiger partial charge < -0.3 is 9.41 Å². The zero-order valence-corrected chi connectivity index (χ0v) is 15.9. The number of aromatic nitrogens is 2. The van der Waals surface area contributed by atoms with Crippen LogP contribution in [0.15, 0.2) is 24.3 Å². The number of imidazole rings is 1. The van der Waals surface area contributed by atoms with Crippen molar-refractivity contribution in [2.24, 2.45) is 11.8 Å². The molecule has 0 spiro atoms. The number of rotatable bonds is 1. The summed E-state index contributed by atoms with van der Waals surface area (Å²) < 4.78 is 2.29. The van der Waals surface area contributed by atoms with Gasteiger partial charge in [-0.2, -0.15) is 0 Å². The van der Waals surface area contributed by atoms with Gasteiger partial charge >= 0.3 is 0 Å². The normalized spacial score (nSPS) is 30.4. The number of ketones is 1. The van der Waals surface area contributed by atoms with Crippen LogP contribution in [0.2, 0.25) is 0 Å². The predicted octanol–water partition coefficient (Wildman–Crippen LogP) is 4.21. The fourth-order valence-electron chi connectivity index (χ4n) is 5.35. The molecule has 2 aliphatic carbocycles. The Morgan fingerprint density at radius 3 is 2.73 bits per heavy atom. The lowest BCUT2D eigenvalue weighted by Crippen LogP contribution is -2.51. The van der Waals surface area contributed by atoms with E-state index in [2.05, 4.69) is 54.4 Å². The van der Waals surface area contributed by atoms with Gasteiger partial charge in [0.2, 0.25) is 5.78 Å². The fourth-order valence-corrected chi connectivity index (χ4v) is 5.35. The number of Topliss-reactive ketones (excluding diaryl/α,β-unsaturated/α-hetero) is 1. The van der Waals surface area contributed by atoms with Crippen LogP contribution in [0.1, 0.15) is 49.5 Å². The Kier molecular flexibility index (Phi) is 3.80. The van der Waals surface area contributed by atoms with Crippen LogP contribution in [0.3, 0.4) is 0 Å². The summed E-state index contributed by atoms with van der Waals surface area (Å²) in [7, 11) is 0. The van der Waals surface area contributed by atoms with Crippen molar-refractivity contribution in [3.8, 4) is 5.69 Å². The molecule has 2 aromatic rings. The van der Waals surface area contributed by atoms with Crippen molar-refractivity contribution in [2.75, 3.05) is 0 Å². The van der Waals surface area contributed by atoms with E-state index in [0.29, 0.717) is 6.42 Å². The van der Waals surface area contributed by atoms with Gasteiger partial charge in [0, 0.05) is 29.1 Å². The molecule has 2 aliphatic rings. The molecule has 0 N–H and O–H groups in total. The number of carbonyl (C=O) groups is 1. The minimum absolute atomic E-state index is 0.0649. The number of para-hydroxylation sites is 1. The third-order valence-corrected chi connectivity index (χ3v) is 6.70. The van der Waals surface area contributed by atoms with Crippen LogP contribution < -0.4 is 0 Å². The summed E-state index contributed by atoms with van der Waals surface area (Å²) in [5.41, 5.74) is 4.59. The highest BCUT2D eigenvalue weighted by Crippen LogP contribution is 2.51. The molecule has 0 bridgehead atoms. The average molecular weight is 347 g/mol. The van der Waals surface area contributed by atoms with E-state index in [1.807, 2.05) is 6.92 Å². The Balaban J connectivity index is 1.89. The van der Waals surface area contributed by atoms with Crippen molar-refractivity contribution >= 4 is 5.78 Å². The lowest BCUT2D eigenvalue weighted by Gasteiger charge is -2.46. The first kappa shape index (κ1) is 17.0. The molecular formula is C22H25N3O. The number of hydrogen-bond acceptors (Lipinski definition) is 2. The number of hydrogen-bond donors (Lipinski definition) is 0. The zero-order chi connectivity index (χ0) is 18.6. The molecule has 4 nitrogen and oxygen atoms in total. The smallest absolute Gasteiger partial charge is 0.282 e. The Morgan fingerprint density at radius 1 is 1.31 bits per heavy atom. The monoisotopic (exact) mass is 347 g/mol. The van der Waals surface area contributed by atoms with Gasteiger partial charge in [0.1, 0.15) is 5.82 Å². The van der Waals surface area contributed by atoms with Gasteiger partial charge in [-0.25, -0.2) is 11.6 Å². The van der Waals surface area contributed by atoms with Gasteiger partial charge in [-0.1, -0.05) is 32.0 Å². The van der Waals surface area contributed by atoms with Crippen LogP contribution in [0.4, 0.5) is 0 Å². The molecule has 1 fully saturated rings. The number of benzene rings is 1. The fraction of sp³-hybridized carbons (Fsp3) is 0.500.